The first-order valence-electron chi connectivity index (χ1n) is 10.1. The van der Waals surface area contributed by atoms with E-state index in [9.17, 15) is 19.5 Å². The highest BCUT2D eigenvalue weighted by molar-refractivity contribution is 6.30. The number of esters is 1. The second kappa shape index (κ2) is 7.47. The van der Waals surface area contributed by atoms with E-state index in [-0.39, 0.29) is 32.2 Å². The monoisotopic (exact) mass is 444 g/mol. The zero-order chi connectivity index (χ0) is 21.8. The number of carbonyl (C=O) groups excluding carboxylic acids is 3. The van der Waals surface area contributed by atoms with E-state index < -0.39 is 41.5 Å². The molecule has 31 heavy (non-hydrogen) atoms. The number of halogens is 1. The van der Waals surface area contributed by atoms with Gasteiger partial charge >= 0.3 is 5.97 Å². The number of cyclic esters (lactones) is 1. The van der Waals surface area contributed by atoms with Crippen molar-refractivity contribution in [2.24, 2.45) is 11.8 Å². The fourth-order valence-electron chi connectivity index (χ4n) is 5.17. The number of nitrogens with zero attached hydrogens (tertiary/aromatic N) is 2. The van der Waals surface area contributed by atoms with E-state index in [1.807, 2.05) is 0 Å². The first kappa shape index (κ1) is 20.2. The molecule has 0 bridgehead atoms. The Balaban J connectivity index is 1.61. The number of carbonyl (C=O) groups is 3. The van der Waals surface area contributed by atoms with Crippen molar-refractivity contribution in [3.63, 3.8) is 0 Å². The number of benzene rings is 1. The van der Waals surface area contributed by atoms with Crippen LogP contribution in [0.5, 0.6) is 0 Å². The molecule has 4 heterocycles. The van der Waals surface area contributed by atoms with Gasteiger partial charge in [0.2, 0.25) is 5.91 Å². The molecule has 0 radical (unpaired) electrons. The molecule has 2 amide bonds. The quantitative estimate of drug-likeness (QED) is 0.550. The summed E-state index contributed by atoms with van der Waals surface area (Å²) in [5.74, 6) is -3.01. The molecule has 8 nitrogen and oxygen atoms in total. The molecule has 1 N–H and O–H groups in total. The van der Waals surface area contributed by atoms with Gasteiger partial charge in [-0.2, -0.15) is 0 Å². The van der Waals surface area contributed by atoms with Gasteiger partial charge in [-0.25, -0.2) is 0 Å². The lowest BCUT2D eigenvalue weighted by Crippen LogP contribution is -2.55. The van der Waals surface area contributed by atoms with Crippen LogP contribution in [0.2, 0.25) is 5.02 Å². The van der Waals surface area contributed by atoms with Gasteiger partial charge in [-0.15, -0.1) is 0 Å². The molecule has 4 aliphatic heterocycles. The molecule has 0 aliphatic carbocycles. The summed E-state index contributed by atoms with van der Waals surface area (Å²) < 4.78 is 11.6. The second-order valence-corrected chi connectivity index (χ2v) is 8.42. The van der Waals surface area contributed by atoms with Gasteiger partial charge in [-0.05, 0) is 30.3 Å². The van der Waals surface area contributed by atoms with Crippen LogP contribution in [0.15, 0.2) is 48.6 Å². The maximum Gasteiger partial charge on any atom is 0.313 e. The van der Waals surface area contributed by atoms with E-state index >= 15 is 0 Å². The van der Waals surface area contributed by atoms with E-state index in [2.05, 4.69) is 0 Å². The van der Waals surface area contributed by atoms with E-state index in [1.54, 1.807) is 53.5 Å². The molecule has 4 aliphatic rings. The molecule has 1 aromatic rings. The summed E-state index contributed by atoms with van der Waals surface area (Å²) in [6, 6.07) is 5.83. The van der Waals surface area contributed by atoms with Gasteiger partial charge in [0.05, 0.1) is 18.6 Å². The van der Waals surface area contributed by atoms with Crippen LogP contribution in [0, 0.1) is 11.8 Å². The van der Waals surface area contributed by atoms with Crippen molar-refractivity contribution in [1.82, 2.24) is 4.90 Å². The topological polar surface area (TPSA) is 96.4 Å². The number of likely N-dealkylation sites (tertiary alicyclic amines) is 1. The largest absolute Gasteiger partial charge is 0.461 e. The van der Waals surface area contributed by atoms with Crippen molar-refractivity contribution in [3.8, 4) is 0 Å². The lowest BCUT2D eigenvalue weighted by Gasteiger charge is -2.35. The third-order valence-electron chi connectivity index (χ3n) is 6.39. The number of rotatable bonds is 3. The predicted molar refractivity (Wildman–Crippen MR) is 110 cm³/mol. The lowest BCUT2D eigenvalue weighted by atomic mass is 9.78. The number of β-amino-alcohol motifs (C(OH)–C–C–N with tert-alkyl or cyclic N) is 1. The number of fused-ring (bicyclic) bond motifs is 2. The molecule has 5 rings (SSSR count). The van der Waals surface area contributed by atoms with Crippen molar-refractivity contribution < 1.29 is 29.0 Å². The highest BCUT2D eigenvalue weighted by Gasteiger charge is 2.71. The van der Waals surface area contributed by atoms with Crippen molar-refractivity contribution in [2.75, 3.05) is 31.2 Å². The van der Waals surface area contributed by atoms with Crippen LogP contribution < -0.4 is 4.90 Å². The molecular formula is C22H21ClN2O6. The number of hydrogen-bond donors (Lipinski definition) is 1. The SMILES string of the molecule is O=C1OCC=C[C@H]2OC34C=CCN(c5ccc(Cl)cc5)C(=O)[C@H]3N(CCO)C(=O)[C@@H]4[C@@H]12. The Bertz CT molecular complexity index is 992. The molecule has 1 unspecified atom stereocenters. The number of amides is 2. The van der Waals surface area contributed by atoms with Crippen molar-refractivity contribution in [1.29, 1.82) is 0 Å². The molecule has 2 fully saturated rings. The summed E-state index contributed by atoms with van der Waals surface area (Å²) >= 11 is 5.99. The number of hydrogen-bond acceptors (Lipinski definition) is 6. The number of aliphatic hydroxyl groups is 1. The Labute approximate surface area is 183 Å². The predicted octanol–water partition coefficient (Wildman–Crippen LogP) is 0.929. The maximum absolute atomic E-state index is 13.8. The van der Waals surface area contributed by atoms with Crippen molar-refractivity contribution >= 4 is 35.1 Å². The molecule has 1 spiro atoms. The molecule has 162 valence electrons. The van der Waals surface area contributed by atoms with Gasteiger partial charge in [0, 0.05) is 23.8 Å². The van der Waals surface area contributed by atoms with Gasteiger partial charge < -0.3 is 24.4 Å². The first-order chi connectivity index (χ1) is 15.0. The van der Waals surface area contributed by atoms with Gasteiger partial charge in [-0.3, -0.25) is 14.4 Å². The number of ether oxygens (including phenoxy) is 2. The van der Waals surface area contributed by atoms with E-state index in [1.165, 1.54) is 4.90 Å². The fraction of sp³-hybridized carbons (Fsp3) is 0.409. The molecular weight excluding hydrogens is 424 g/mol. The Kier molecular flexibility index (Phi) is 4.88. The smallest absolute Gasteiger partial charge is 0.313 e. The fourth-order valence-corrected chi connectivity index (χ4v) is 5.30. The standard InChI is InChI=1S/C22H21ClN2O6/c23-13-4-6-14(7-5-13)24-9-2-8-22-17(16-15(31-22)3-1-12-30-21(16)29)19(27)25(10-11-26)18(22)20(24)28/h1-8,15-18,26H,9-12H2/t15-,16+,17+,18-,22?/m1/s1. The Morgan fingerprint density at radius 1 is 1.13 bits per heavy atom. The zero-order valence-corrected chi connectivity index (χ0v) is 17.3. The van der Waals surface area contributed by atoms with E-state index in [0.29, 0.717) is 10.7 Å². The lowest BCUT2D eigenvalue weighted by molar-refractivity contribution is -0.152. The van der Waals surface area contributed by atoms with Gasteiger partial charge in [-0.1, -0.05) is 29.8 Å². The minimum Gasteiger partial charge on any atom is -0.461 e. The van der Waals surface area contributed by atoms with E-state index in [0.717, 1.165) is 0 Å². The molecule has 0 saturated carbocycles. The third kappa shape index (κ3) is 2.93. The summed E-state index contributed by atoms with van der Waals surface area (Å²) in [5.41, 5.74) is -0.692. The third-order valence-corrected chi connectivity index (χ3v) is 6.64. The first-order valence-corrected chi connectivity index (χ1v) is 10.5. The van der Waals surface area contributed by atoms with Gasteiger partial charge in [0.15, 0.2) is 0 Å². The second-order valence-electron chi connectivity index (χ2n) is 7.98. The molecule has 1 aromatic carbocycles. The highest BCUT2D eigenvalue weighted by Crippen LogP contribution is 2.53. The summed E-state index contributed by atoms with van der Waals surface area (Å²) in [5, 5.41) is 10.1. The molecule has 9 heteroatoms. The van der Waals surface area contributed by atoms with Gasteiger partial charge in [0.25, 0.3) is 5.91 Å². The number of aliphatic hydroxyl groups excluding tert-OH is 1. The average Bonchev–Trinajstić information content (AvgIpc) is 3.04. The summed E-state index contributed by atoms with van der Waals surface area (Å²) in [6.07, 6.45) is 6.27. The van der Waals surface area contributed by atoms with Crippen LogP contribution in [-0.2, 0) is 23.9 Å². The average molecular weight is 445 g/mol. The minimum absolute atomic E-state index is 0.0403. The maximum atomic E-state index is 13.8. The zero-order valence-electron chi connectivity index (χ0n) is 16.5. The molecule has 5 atom stereocenters. The van der Waals surface area contributed by atoms with Crippen molar-refractivity contribution in [3.05, 3.63) is 53.6 Å². The Morgan fingerprint density at radius 3 is 2.65 bits per heavy atom. The van der Waals surface area contributed by atoms with Crippen molar-refractivity contribution in [2.45, 2.75) is 17.7 Å². The normalized spacial score (nSPS) is 34.2. The van der Waals surface area contributed by atoms with Crippen LogP contribution in [0.3, 0.4) is 0 Å². The van der Waals surface area contributed by atoms with Gasteiger partial charge in [0.1, 0.15) is 24.2 Å². The molecule has 2 saturated heterocycles. The summed E-state index contributed by atoms with van der Waals surface area (Å²) in [6.45, 7) is 0.0282. The van der Waals surface area contributed by atoms with Crippen LogP contribution >= 0.6 is 11.6 Å². The number of anilines is 1. The van der Waals surface area contributed by atoms with Crippen LogP contribution in [0.25, 0.3) is 0 Å². The minimum atomic E-state index is -1.32. The van der Waals surface area contributed by atoms with E-state index in [4.69, 9.17) is 21.1 Å². The summed E-state index contributed by atoms with van der Waals surface area (Å²) in [7, 11) is 0. The van der Waals surface area contributed by atoms with Crippen LogP contribution in [0.4, 0.5) is 5.69 Å². The Hall–Kier alpha value is -2.68. The summed E-state index contributed by atoms with van der Waals surface area (Å²) in [4.78, 5) is 42.9. The molecule has 0 aromatic heterocycles. The van der Waals surface area contributed by atoms with Crippen LogP contribution in [-0.4, -0.2) is 71.8 Å². The highest BCUT2D eigenvalue weighted by atomic mass is 35.5. The van der Waals surface area contributed by atoms with Crippen LogP contribution in [0.1, 0.15) is 0 Å². The Morgan fingerprint density at radius 2 is 1.90 bits per heavy atom.